The minimum Gasteiger partial charge on any atom is -0.465 e. The fourth-order valence-electron chi connectivity index (χ4n) is 6.23. The molecule has 218 valence electrons. The molecule has 4 aliphatic rings. The quantitative estimate of drug-likeness (QED) is 0.429. The Hall–Kier alpha value is -3.91. The monoisotopic (exact) mass is 570 g/mol. The maximum absolute atomic E-state index is 15.2. The van der Waals surface area contributed by atoms with Crippen LogP contribution in [-0.2, 0) is 28.8 Å². The Bertz CT molecular complexity index is 1470. The lowest BCUT2D eigenvalue weighted by molar-refractivity contribution is -0.118. The number of likely N-dealkylation sites (tertiary alicyclic amines) is 1. The first-order valence-electron chi connectivity index (χ1n) is 13.8. The number of aromatic amines is 1. The van der Waals surface area contributed by atoms with Crippen LogP contribution in [-0.4, -0.2) is 82.3 Å². The normalized spacial score (nSPS) is 19.9. The number of benzene rings is 1. The van der Waals surface area contributed by atoms with Crippen molar-refractivity contribution in [1.29, 1.82) is 0 Å². The summed E-state index contributed by atoms with van der Waals surface area (Å²) in [6.07, 6.45) is 3.72. The van der Waals surface area contributed by atoms with E-state index in [-0.39, 0.29) is 52.8 Å². The van der Waals surface area contributed by atoms with Crippen molar-refractivity contribution >= 4 is 34.7 Å². The van der Waals surface area contributed by atoms with E-state index in [9.17, 15) is 9.59 Å². The van der Waals surface area contributed by atoms with Crippen molar-refractivity contribution in [3.8, 4) is 5.88 Å². The minimum absolute atomic E-state index is 0.0924. The molecular formula is C27H32F2N8O4. The van der Waals surface area contributed by atoms with Gasteiger partial charge in [-0.1, -0.05) is 6.92 Å². The van der Waals surface area contributed by atoms with Gasteiger partial charge in [0.2, 0.25) is 0 Å². The zero-order chi connectivity index (χ0) is 28.9. The van der Waals surface area contributed by atoms with Crippen LogP contribution >= 0.6 is 0 Å². The highest BCUT2D eigenvalue weighted by molar-refractivity contribution is 5.94. The van der Waals surface area contributed by atoms with Crippen LogP contribution in [0.4, 0.5) is 25.2 Å². The lowest BCUT2D eigenvalue weighted by Crippen LogP contribution is -2.48. The number of nitrogens with one attached hydrogen (secondary N) is 2. The van der Waals surface area contributed by atoms with Crippen LogP contribution in [0.3, 0.4) is 0 Å². The molecule has 12 nitrogen and oxygen atoms in total. The number of anilines is 2. The predicted molar refractivity (Wildman–Crippen MR) is 145 cm³/mol. The van der Waals surface area contributed by atoms with Crippen LogP contribution in [0.1, 0.15) is 36.7 Å². The van der Waals surface area contributed by atoms with Crippen LogP contribution in [0.25, 0.3) is 11.0 Å². The van der Waals surface area contributed by atoms with Crippen molar-refractivity contribution in [3.63, 3.8) is 0 Å². The highest BCUT2D eigenvalue weighted by Crippen LogP contribution is 2.39. The van der Waals surface area contributed by atoms with Gasteiger partial charge >= 0.3 is 6.09 Å². The lowest BCUT2D eigenvalue weighted by Gasteiger charge is -2.38. The van der Waals surface area contributed by atoms with Gasteiger partial charge in [-0.3, -0.25) is 9.69 Å². The molecule has 1 atom stereocenters. The SMILES string of the molecule is CCc1nc2c(F)c3c(c(F)c2[nH]1)CC(CN1CCC2(CC1)CN(c1cnc4c(n1)NC(=O)CO4)C(=O)O2)C3.CN. The summed E-state index contributed by atoms with van der Waals surface area (Å²) >= 11 is 0. The van der Waals surface area contributed by atoms with Crippen LogP contribution in [0.2, 0.25) is 0 Å². The first-order valence-corrected chi connectivity index (χ1v) is 13.8. The number of ether oxygens (including phenoxy) is 2. The maximum atomic E-state index is 15.2. The van der Waals surface area contributed by atoms with Crippen LogP contribution < -0.4 is 20.7 Å². The Kier molecular flexibility index (Phi) is 6.98. The molecule has 1 unspecified atom stereocenters. The number of halogens is 2. The van der Waals surface area contributed by atoms with Gasteiger partial charge in [0, 0.05) is 38.9 Å². The Morgan fingerprint density at radius 2 is 1.85 bits per heavy atom. The second kappa shape index (κ2) is 10.5. The van der Waals surface area contributed by atoms with Gasteiger partial charge in [0.05, 0.1) is 12.7 Å². The number of aromatic nitrogens is 4. The lowest BCUT2D eigenvalue weighted by atomic mass is 9.90. The molecule has 0 saturated carbocycles. The van der Waals surface area contributed by atoms with E-state index < -0.39 is 17.5 Å². The molecule has 3 aliphatic heterocycles. The molecule has 2 fully saturated rings. The molecule has 5 heterocycles. The molecule has 3 aromatic rings. The third kappa shape index (κ3) is 4.74. The first-order chi connectivity index (χ1) is 19.8. The van der Waals surface area contributed by atoms with Crippen LogP contribution in [0.5, 0.6) is 5.88 Å². The Balaban J connectivity index is 0.00000148. The van der Waals surface area contributed by atoms with E-state index in [0.717, 1.165) is 0 Å². The number of imidazole rings is 1. The van der Waals surface area contributed by atoms with Crippen molar-refractivity contribution in [2.24, 2.45) is 11.7 Å². The highest BCUT2D eigenvalue weighted by atomic mass is 19.1. The molecular weight excluding hydrogens is 538 g/mol. The van der Waals surface area contributed by atoms with Crippen molar-refractivity contribution in [3.05, 3.63) is 34.8 Å². The molecule has 0 bridgehead atoms. The van der Waals surface area contributed by atoms with Gasteiger partial charge in [0.25, 0.3) is 11.8 Å². The van der Waals surface area contributed by atoms with Crippen molar-refractivity contribution < 1.29 is 27.8 Å². The third-order valence-corrected chi connectivity index (χ3v) is 8.25. The Morgan fingerprint density at radius 1 is 1.12 bits per heavy atom. The smallest absolute Gasteiger partial charge is 0.416 e. The number of hydrogen-bond donors (Lipinski definition) is 3. The minimum atomic E-state index is -0.650. The highest BCUT2D eigenvalue weighted by Gasteiger charge is 2.48. The number of H-pyrrole nitrogens is 1. The zero-order valence-corrected chi connectivity index (χ0v) is 22.9. The van der Waals surface area contributed by atoms with Crippen LogP contribution in [0, 0.1) is 17.6 Å². The maximum Gasteiger partial charge on any atom is 0.416 e. The van der Waals surface area contributed by atoms with Gasteiger partial charge < -0.3 is 30.4 Å². The molecule has 4 N–H and O–H groups in total. The molecule has 1 spiro atoms. The number of amides is 2. The summed E-state index contributed by atoms with van der Waals surface area (Å²) in [6, 6.07) is 0. The topological polar surface area (TPSA) is 152 Å². The molecule has 0 radical (unpaired) electrons. The summed E-state index contributed by atoms with van der Waals surface area (Å²) in [5, 5.41) is 2.60. The van der Waals surface area contributed by atoms with Gasteiger partial charge in [-0.25, -0.2) is 28.5 Å². The number of carbonyl (C=O) groups excluding carboxylic acids is 2. The fraction of sp³-hybridized carbons (Fsp3) is 0.519. The molecule has 1 aliphatic carbocycles. The van der Waals surface area contributed by atoms with Gasteiger partial charge in [-0.2, -0.15) is 0 Å². The van der Waals surface area contributed by atoms with Crippen molar-refractivity contribution in [2.75, 3.05) is 50.1 Å². The van der Waals surface area contributed by atoms with E-state index in [1.165, 1.54) is 18.1 Å². The zero-order valence-electron chi connectivity index (χ0n) is 22.9. The Morgan fingerprint density at radius 3 is 2.59 bits per heavy atom. The Labute approximate surface area is 234 Å². The van der Waals surface area contributed by atoms with Crippen LogP contribution in [0.15, 0.2) is 6.20 Å². The standard InChI is InChI=1S/C26H27F2N7O4.CH5N/c1-2-16-30-21-19(27)14-7-13(8-15(14)20(28)22(21)31-16)10-34-5-3-26(4-6-34)12-35(25(37)39-26)17-9-29-24-23(32-17)33-18(36)11-38-24;1-2/h9,13H,2-8,10-12H2,1H3,(H,30,31)(H,32,33,36);2H2,1H3. The number of aryl methyl sites for hydroxylation is 1. The average molecular weight is 571 g/mol. The number of carbonyl (C=O) groups is 2. The third-order valence-electron chi connectivity index (χ3n) is 8.25. The van der Waals surface area contributed by atoms with Gasteiger partial charge in [-0.05, 0) is 36.9 Å². The van der Waals surface area contributed by atoms with E-state index in [1.807, 2.05) is 6.92 Å². The van der Waals surface area contributed by atoms with E-state index in [4.69, 9.17) is 9.47 Å². The summed E-state index contributed by atoms with van der Waals surface area (Å²) in [5.74, 6) is 0.219. The first kappa shape index (κ1) is 27.3. The van der Waals surface area contributed by atoms with Gasteiger partial charge in [-0.15, -0.1) is 0 Å². The summed E-state index contributed by atoms with van der Waals surface area (Å²) in [6.45, 7) is 4.19. The number of rotatable bonds is 4. The second-order valence-electron chi connectivity index (χ2n) is 10.8. The van der Waals surface area contributed by atoms with E-state index in [1.54, 1.807) is 0 Å². The summed E-state index contributed by atoms with van der Waals surface area (Å²) in [4.78, 5) is 43.8. The number of piperidine rings is 1. The number of nitrogens with two attached hydrogens (primary N) is 1. The predicted octanol–water partition coefficient (Wildman–Crippen LogP) is 2.31. The van der Waals surface area contributed by atoms with E-state index >= 15 is 8.78 Å². The molecule has 14 heteroatoms. The van der Waals surface area contributed by atoms with Gasteiger partial charge in [0.1, 0.15) is 22.5 Å². The fourth-order valence-corrected chi connectivity index (χ4v) is 6.23. The molecule has 1 aromatic carbocycles. The average Bonchev–Trinajstić information content (AvgIpc) is 3.70. The van der Waals surface area contributed by atoms with E-state index in [0.29, 0.717) is 75.2 Å². The molecule has 2 amide bonds. The number of nitrogens with zero attached hydrogens (tertiary/aromatic N) is 5. The summed E-state index contributed by atoms with van der Waals surface area (Å²) < 4.78 is 41.5. The number of hydrogen-bond acceptors (Lipinski definition) is 9. The summed E-state index contributed by atoms with van der Waals surface area (Å²) in [7, 11) is 1.50. The number of fused-ring (bicyclic) bond motifs is 3. The largest absolute Gasteiger partial charge is 0.465 e. The van der Waals surface area contributed by atoms with Crippen molar-refractivity contribution in [1.82, 2.24) is 24.8 Å². The van der Waals surface area contributed by atoms with E-state index in [2.05, 4.69) is 35.9 Å². The molecule has 41 heavy (non-hydrogen) atoms. The molecule has 7 rings (SSSR count). The molecule has 2 aromatic heterocycles. The molecule has 2 saturated heterocycles. The van der Waals surface area contributed by atoms with Gasteiger partial charge in [0.15, 0.2) is 29.9 Å². The van der Waals surface area contributed by atoms with Crippen molar-refractivity contribution in [2.45, 2.75) is 44.6 Å². The second-order valence-corrected chi connectivity index (χ2v) is 10.8. The summed E-state index contributed by atoms with van der Waals surface area (Å²) in [5.41, 5.74) is 5.01.